The van der Waals surface area contributed by atoms with Crippen molar-refractivity contribution in [1.29, 1.82) is 0 Å². The summed E-state index contributed by atoms with van der Waals surface area (Å²) in [6.45, 7) is -0.362. The lowest BCUT2D eigenvalue weighted by Crippen LogP contribution is -2.48. The van der Waals surface area contributed by atoms with Crippen LogP contribution in [0.3, 0.4) is 0 Å². The highest BCUT2D eigenvalue weighted by molar-refractivity contribution is 7.89. The summed E-state index contributed by atoms with van der Waals surface area (Å²) in [5.74, 6) is -1.37. The fraction of sp³-hybridized carbons (Fsp3) is 0.300. The number of hydrogen-bond acceptors (Lipinski definition) is 5. The highest BCUT2D eigenvalue weighted by Crippen LogP contribution is 2.29. The predicted molar refractivity (Wildman–Crippen MR) is 114 cm³/mol. The topological polar surface area (TPSA) is 92.8 Å². The second-order valence-corrected chi connectivity index (χ2v) is 9.37. The minimum atomic E-state index is -3.85. The minimum Gasteiger partial charge on any atom is -0.454 e. The van der Waals surface area contributed by atoms with Gasteiger partial charge >= 0.3 is 5.97 Å². The summed E-state index contributed by atoms with van der Waals surface area (Å²) in [4.78, 5) is 24.9. The third kappa shape index (κ3) is 5.13. The molecule has 1 N–H and O–H groups in total. The molecule has 0 bridgehead atoms. The molecule has 10 heteroatoms. The quantitative estimate of drug-likeness (QED) is 0.649. The van der Waals surface area contributed by atoms with Crippen molar-refractivity contribution in [2.45, 2.75) is 30.2 Å². The third-order valence-corrected chi connectivity index (χ3v) is 7.39. The van der Waals surface area contributed by atoms with Crippen LogP contribution in [0.15, 0.2) is 53.4 Å². The Morgan fingerprint density at radius 1 is 1.07 bits per heavy atom. The van der Waals surface area contributed by atoms with Crippen LogP contribution >= 0.6 is 23.2 Å². The average Bonchev–Trinajstić information content (AvgIpc) is 2.76. The number of halogens is 2. The van der Waals surface area contributed by atoms with Gasteiger partial charge in [-0.1, -0.05) is 47.5 Å². The molecule has 3 rings (SSSR count). The molecule has 30 heavy (non-hydrogen) atoms. The lowest BCUT2D eigenvalue weighted by atomic mass is 10.1. The summed E-state index contributed by atoms with van der Waals surface area (Å²) in [6.07, 6.45) is 1.65. The number of amides is 1. The Kier molecular flexibility index (Phi) is 7.36. The van der Waals surface area contributed by atoms with Gasteiger partial charge in [-0.15, -0.1) is 0 Å². The second-order valence-electron chi connectivity index (χ2n) is 6.70. The molecule has 1 aliphatic heterocycles. The molecule has 0 saturated carbocycles. The van der Waals surface area contributed by atoms with Crippen LogP contribution in [-0.4, -0.2) is 43.8 Å². The van der Waals surface area contributed by atoms with Crippen LogP contribution in [0.1, 0.15) is 19.3 Å². The zero-order chi connectivity index (χ0) is 21.7. The Morgan fingerprint density at radius 2 is 1.80 bits per heavy atom. The lowest BCUT2D eigenvalue weighted by molar-refractivity contribution is -0.152. The fourth-order valence-electron chi connectivity index (χ4n) is 3.18. The predicted octanol–water partition coefficient (Wildman–Crippen LogP) is 3.72. The molecule has 0 spiro atoms. The first-order valence-corrected chi connectivity index (χ1v) is 11.5. The van der Waals surface area contributed by atoms with Gasteiger partial charge in [-0.2, -0.15) is 4.31 Å². The summed E-state index contributed by atoms with van der Waals surface area (Å²) in [7, 11) is -3.85. The molecule has 1 amide bonds. The molecule has 0 aliphatic carbocycles. The maximum atomic E-state index is 13.0. The number of benzene rings is 2. The molecule has 1 aliphatic rings. The molecule has 7 nitrogen and oxygen atoms in total. The van der Waals surface area contributed by atoms with Crippen molar-refractivity contribution in [1.82, 2.24) is 4.31 Å². The average molecular weight is 471 g/mol. The molecular weight excluding hydrogens is 451 g/mol. The summed E-state index contributed by atoms with van der Waals surface area (Å²) < 4.78 is 32.2. The molecule has 1 atom stereocenters. The molecule has 2 aromatic rings. The van der Waals surface area contributed by atoms with E-state index >= 15 is 0 Å². The monoisotopic (exact) mass is 470 g/mol. The number of nitrogens with zero attached hydrogens (tertiary/aromatic N) is 1. The van der Waals surface area contributed by atoms with E-state index in [9.17, 15) is 18.0 Å². The summed E-state index contributed by atoms with van der Waals surface area (Å²) in [6, 6.07) is 11.7. The first-order chi connectivity index (χ1) is 14.3. The van der Waals surface area contributed by atoms with E-state index in [2.05, 4.69) is 5.32 Å². The first kappa shape index (κ1) is 22.6. The van der Waals surface area contributed by atoms with Crippen molar-refractivity contribution >= 4 is 50.8 Å². The van der Waals surface area contributed by atoms with Crippen molar-refractivity contribution < 1.29 is 22.7 Å². The number of anilines is 1. The number of rotatable bonds is 6. The Bertz CT molecular complexity index is 1030. The number of hydrogen-bond donors (Lipinski definition) is 1. The number of nitrogens with one attached hydrogen (secondary N) is 1. The zero-order valence-corrected chi connectivity index (χ0v) is 18.2. The minimum absolute atomic E-state index is 0.109. The second kappa shape index (κ2) is 9.78. The summed E-state index contributed by atoms with van der Waals surface area (Å²) >= 11 is 11.9. The zero-order valence-electron chi connectivity index (χ0n) is 15.9. The first-order valence-electron chi connectivity index (χ1n) is 9.28. The largest absolute Gasteiger partial charge is 0.454 e. The Hall–Kier alpha value is -2.13. The van der Waals surface area contributed by atoms with Crippen molar-refractivity contribution in [3.63, 3.8) is 0 Å². The van der Waals surface area contributed by atoms with Gasteiger partial charge in [0, 0.05) is 6.54 Å². The maximum absolute atomic E-state index is 13.0. The van der Waals surface area contributed by atoms with Crippen LogP contribution < -0.4 is 5.32 Å². The van der Waals surface area contributed by atoms with Gasteiger partial charge < -0.3 is 10.1 Å². The van der Waals surface area contributed by atoms with Gasteiger partial charge in [0.2, 0.25) is 10.0 Å². The van der Waals surface area contributed by atoms with Gasteiger partial charge in [-0.3, -0.25) is 9.59 Å². The molecule has 1 saturated heterocycles. The van der Waals surface area contributed by atoms with Gasteiger partial charge in [-0.25, -0.2) is 8.42 Å². The Labute approximate surface area is 185 Å². The van der Waals surface area contributed by atoms with Gasteiger partial charge in [0.15, 0.2) is 6.61 Å². The van der Waals surface area contributed by atoms with Crippen LogP contribution in [0.25, 0.3) is 0 Å². The number of carbonyl (C=O) groups is 2. The van der Waals surface area contributed by atoms with Gasteiger partial charge in [0.1, 0.15) is 6.04 Å². The van der Waals surface area contributed by atoms with E-state index in [-0.39, 0.29) is 27.2 Å². The van der Waals surface area contributed by atoms with E-state index in [0.717, 1.165) is 4.31 Å². The van der Waals surface area contributed by atoms with Crippen LogP contribution in [-0.2, 0) is 24.3 Å². The molecule has 1 heterocycles. The van der Waals surface area contributed by atoms with Gasteiger partial charge in [-0.05, 0) is 43.5 Å². The van der Waals surface area contributed by atoms with Crippen molar-refractivity contribution in [2.75, 3.05) is 18.5 Å². The molecule has 0 aromatic heterocycles. The number of sulfonamides is 1. The van der Waals surface area contributed by atoms with E-state index in [0.29, 0.717) is 19.3 Å². The third-order valence-electron chi connectivity index (χ3n) is 4.65. The Balaban J connectivity index is 1.66. The molecule has 1 fully saturated rings. The van der Waals surface area contributed by atoms with E-state index in [4.69, 9.17) is 27.9 Å². The fourth-order valence-corrected chi connectivity index (χ4v) is 5.19. The molecule has 0 radical (unpaired) electrons. The van der Waals surface area contributed by atoms with Crippen molar-refractivity contribution in [3.05, 3.63) is 58.6 Å². The number of carbonyl (C=O) groups excluding carboxylic acids is 2. The van der Waals surface area contributed by atoms with E-state index in [1.54, 1.807) is 36.4 Å². The van der Waals surface area contributed by atoms with Crippen LogP contribution in [0.4, 0.5) is 5.69 Å². The van der Waals surface area contributed by atoms with Crippen molar-refractivity contribution in [2.24, 2.45) is 0 Å². The summed E-state index contributed by atoms with van der Waals surface area (Å²) in [5.41, 5.74) is 0.288. The number of piperidine rings is 1. The van der Waals surface area contributed by atoms with Gasteiger partial charge in [0.05, 0.1) is 20.6 Å². The molecule has 160 valence electrons. The lowest BCUT2D eigenvalue weighted by Gasteiger charge is -2.32. The maximum Gasteiger partial charge on any atom is 0.324 e. The number of ether oxygens (including phenoxy) is 1. The Morgan fingerprint density at radius 3 is 2.53 bits per heavy atom. The highest BCUT2D eigenvalue weighted by Gasteiger charge is 2.38. The van der Waals surface area contributed by atoms with Crippen molar-refractivity contribution in [3.8, 4) is 0 Å². The van der Waals surface area contributed by atoms with E-state index in [1.165, 1.54) is 12.1 Å². The number of esters is 1. The standard InChI is InChI=1S/C20H20Cl2N2O5S/c21-15-9-6-10-16(19(15)22)23-18(25)13-29-20(26)17-11-4-5-12-24(17)30(27,28)14-7-2-1-3-8-14/h1-3,6-10,17H,4-5,11-13H2,(H,23,25). The van der Waals surface area contributed by atoms with Crippen LogP contribution in [0.2, 0.25) is 10.0 Å². The highest BCUT2D eigenvalue weighted by atomic mass is 35.5. The van der Waals surface area contributed by atoms with Crippen LogP contribution in [0.5, 0.6) is 0 Å². The molecular formula is C20H20Cl2N2O5S. The van der Waals surface area contributed by atoms with E-state index in [1.807, 2.05) is 0 Å². The normalized spacial score (nSPS) is 17.3. The van der Waals surface area contributed by atoms with E-state index < -0.39 is 34.5 Å². The van der Waals surface area contributed by atoms with Crippen LogP contribution in [0, 0.1) is 0 Å². The molecule has 1 unspecified atom stereocenters. The summed E-state index contributed by atoms with van der Waals surface area (Å²) in [5, 5.41) is 2.96. The molecule has 2 aromatic carbocycles. The smallest absolute Gasteiger partial charge is 0.324 e. The van der Waals surface area contributed by atoms with Gasteiger partial charge in [0.25, 0.3) is 5.91 Å². The SMILES string of the molecule is O=C(COC(=O)C1CCCCN1S(=O)(=O)c1ccccc1)Nc1cccc(Cl)c1Cl.